The van der Waals surface area contributed by atoms with Crippen molar-refractivity contribution in [1.82, 2.24) is 0 Å². The normalized spacial score (nSPS) is 12.9. The standard InChI is InChI=1S/C15H12ClFO3S/c1-10(15(18)11-5-4-6-12(16)9-11)21(19,20)14-8-3-2-7-13(14)17/h2-10H,1H3. The number of ketones is 1. The predicted molar refractivity (Wildman–Crippen MR) is 78.8 cm³/mol. The lowest BCUT2D eigenvalue weighted by molar-refractivity contribution is 0.0991. The van der Waals surface area contributed by atoms with Gasteiger partial charge in [-0.05, 0) is 31.2 Å². The van der Waals surface area contributed by atoms with Crippen molar-refractivity contribution >= 4 is 27.2 Å². The molecule has 0 aliphatic rings. The van der Waals surface area contributed by atoms with E-state index >= 15 is 0 Å². The highest BCUT2D eigenvalue weighted by atomic mass is 35.5. The van der Waals surface area contributed by atoms with E-state index in [9.17, 15) is 17.6 Å². The molecule has 2 aromatic carbocycles. The van der Waals surface area contributed by atoms with Crippen molar-refractivity contribution in [2.45, 2.75) is 17.1 Å². The van der Waals surface area contributed by atoms with Gasteiger partial charge in [-0.15, -0.1) is 0 Å². The highest BCUT2D eigenvalue weighted by molar-refractivity contribution is 7.92. The Bertz CT molecular complexity index is 787. The third kappa shape index (κ3) is 3.14. The molecule has 0 aromatic heterocycles. The van der Waals surface area contributed by atoms with E-state index in [1.54, 1.807) is 12.1 Å². The molecule has 1 unspecified atom stereocenters. The zero-order valence-electron chi connectivity index (χ0n) is 11.1. The first-order chi connectivity index (χ1) is 9.84. The van der Waals surface area contributed by atoms with Crippen LogP contribution in [0, 0.1) is 5.82 Å². The van der Waals surface area contributed by atoms with Crippen LogP contribution in [-0.4, -0.2) is 19.5 Å². The molecular weight excluding hydrogens is 315 g/mol. The number of carbonyl (C=O) groups is 1. The average Bonchev–Trinajstić information content (AvgIpc) is 2.46. The van der Waals surface area contributed by atoms with Crippen molar-refractivity contribution in [3.05, 3.63) is 64.9 Å². The Labute approximate surface area is 127 Å². The highest BCUT2D eigenvalue weighted by Crippen LogP contribution is 2.22. The summed E-state index contributed by atoms with van der Waals surface area (Å²) in [5.41, 5.74) is 0.176. The van der Waals surface area contributed by atoms with Crippen LogP contribution >= 0.6 is 11.6 Å². The third-order valence-electron chi connectivity index (χ3n) is 3.09. The van der Waals surface area contributed by atoms with Gasteiger partial charge in [-0.2, -0.15) is 0 Å². The van der Waals surface area contributed by atoms with E-state index in [1.165, 1.54) is 31.2 Å². The van der Waals surface area contributed by atoms with Crippen LogP contribution in [0.1, 0.15) is 17.3 Å². The van der Waals surface area contributed by atoms with E-state index in [1.807, 2.05) is 0 Å². The lowest BCUT2D eigenvalue weighted by atomic mass is 10.1. The minimum atomic E-state index is -4.10. The maximum atomic E-state index is 13.7. The third-order valence-corrected chi connectivity index (χ3v) is 5.41. The van der Waals surface area contributed by atoms with Gasteiger partial charge in [0.15, 0.2) is 15.6 Å². The minimum Gasteiger partial charge on any atom is -0.293 e. The summed E-state index contributed by atoms with van der Waals surface area (Å²) in [7, 11) is -4.10. The Morgan fingerprint density at radius 2 is 1.81 bits per heavy atom. The summed E-state index contributed by atoms with van der Waals surface area (Å²) in [6.45, 7) is 1.24. The summed E-state index contributed by atoms with van der Waals surface area (Å²) in [6.07, 6.45) is 0. The molecular formula is C15H12ClFO3S. The number of hydrogen-bond donors (Lipinski definition) is 0. The lowest BCUT2D eigenvalue weighted by Gasteiger charge is -2.13. The van der Waals surface area contributed by atoms with Gasteiger partial charge in [0, 0.05) is 10.6 Å². The highest BCUT2D eigenvalue weighted by Gasteiger charge is 2.32. The van der Waals surface area contributed by atoms with Gasteiger partial charge < -0.3 is 0 Å². The molecule has 2 rings (SSSR count). The average molecular weight is 327 g/mol. The van der Waals surface area contributed by atoms with Gasteiger partial charge in [-0.1, -0.05) is 35.9 Å². The van der Waals surface area contributed by atoms with Crippen molar-refractivity contribution in [3.8, 4) is 0 Å². The van der Waals surface area contributed by atoms with Crippen LogP contribution in [0.5, 0.6) is 0 Å². The summed E-state index contributed by atoms with van der Waals surface area (Å²) in [5, 5.41) is -1.07. The first kappa shape index (κ1) is 15.7. The minimum absolute atomic E-state index is 0.176. The van der Waals surface area contributed by atoms with E-state index in [0.717, 1.165) is 12.1 Å². The van der Waals surface area contributed by atoms with Crippen molar-refractivity contribution in [2.24, 2.45) is 0 Å². The van der Waals surface area contributed by atoms with Crippen molar-refractivity contribution in [3.63, 3.8) is 0 Å². The molecule has 0 N–H and O–H groups in total. The van der Waals surface area contributed by atoms with E-state index in [4.69, 9.17) is 11.6 Å². The largest absolute Gasteiger partial charge is 0.293 e. The smallest absolute Gasteiger partial charge is 0.191 e. The zero-order chi connectivity index (χ0) is 15.6. The molecule has 1 atom stereocenters. The first-order valence-electron chi connectivity index (χ1n) is 6.12. The van der Waals surface area contributed by atoms with E-state index in [-0.39, 0.29) is 5.56 Å². The fourth-order valence-electron chi connectivity index (χ4n) is 1.88. The van der Waals surface area contributed by atoms with Crippen LogP contribution in [0.4, 0.5) is 4.39 Å². The molecule has 2 aromatic rings. The van der Waals surface area contributed by atoms with E-state index < -0.39 is 31.6 Å². The van der Waals surface area contributed by atoms with Gasteiger partial charge in [0.1, 0.15) is 16.0 Å². The maximum absolute atomic E-state index is 13.7. The molecule has 0 amide bonds. The number of benzene rings is 2. The number of hydrogen-bond acceptors (Lipinski definition) is 3. The molecule has 0 heterocycles. The molecule has 0 fully saturated rings. The number of sulfone groups is 1. The van der Waals surface area contributed by atoms with E-state index in [0.29, 0.717) is 5.02 Å². The first-order valence-corrected chi connectivity index (χ1v) is 8.04. The van der Waals surface area contributed by atoms with Crippen LogP contribution in [0.25, 0.3) is 0 Å². The van der Waals surface area contributed by atoms with Gasteiger partial charge in [-0.25, -0.2) is 12.8 Å². The quantitative estimate of drug-likeness (QED) is 0.808. The SMILES string of the molecule is CC(C(=O)c1cccc(Cl)c1)S(=O)(=O)c1ccccc1F. The molecule has 0 aliphatic carbocycles. The molecule has 0 aliphatic heterocycles. The van der Waals surface area contributed by atoms with Gasteiger partial charge >= 0.3 is 0 Å². The summed E-state index contributed by atoms with van der Waals surface area (Å²) < 4.78 is 38.4. The lowest BCUT2D eigenvalue weighted by Crippen LogP contribution is -2.28. The molecule has 0 radical (unpaired) electrons. The van der Waals surface area contributed by atoms with Gasteiger partial charge in [-0.3, -0.25) is 4.79 Å². The Morgan fingerprint density at radius 1 is 1.14 bits per heavy atom. The number of halogens is 2. The Hall–Kier alpha value is -1.72. The van der Waals surface area contributed by atoms with Crippen LogP contribution in [0.15, 0.2) is 53.4 Å². The topological polar surface area (TPSA) is 51.2 Å². The Morgan fingerprint density at radius 3 is 2.43 bits per heavy atom. The van der Waals surface area contributed by atoms with Crippen LogP contribution in [0.2, 0.25) is 5.02 Å². The second-order valence-corrected chi connectivity index (χ2v) is 7.17. The van der Waals surface area contributed by atoms with Gasteiger partial charge in [0.2, 0.25) is 0 Å². The number of carbonyl (C=O) groups excluding carboxylic acids is 1. The fourth-order valence-corrected chi connectivity index (χ4v) is 3.48. The second kappa shape index (κ2) is 5.95. The number of Topliss-reactive ketones (excluding diaryl/α,β-unsaturated/α-hetero) is 1. The van der Waals surface area contributed by atoms with Crippen molar-refractivity contribution in [2.75, 3.05) is 0 Å². The van der Waals surface area contributed by atoms with Crippen molar-refractivity contribution < 1.29 is 17.6 Å². The van der Waals surface area contributed by atoms with Crippen molar-refractivity contribution in [1.29, 1.82) is 0 Å². The molecule has 0 saturated carbocycles. The summed E-state index contributed by atoms with van der Waals surface area (Å²) in [5.74, 6) is -1.50. The molecule has 0 spiro atoms. The molecule has 110 valence electrons. The molecule has 6 heteroatoms. The van der Waals surface area contributed by atoms with Crippen LogP contribution in [-0.2, 0) is 9.84 Å². The maximum Gasteiger partial charge on any atom is 0.191 e. The molecule has 3 nitrogen and oxygen atoms in total. The monoisotopic (exact) mass is 326 g/mol. The number of rotatable bonds is 4. The summed E-state index contributed by atoms with van der Waals surface area (Å²) >= 11 is 5.79. The predicted octanol–water partition coefficient (Wildman–Crippen LogP) is 3.52. The van der Waals surface area contributed by atoms with E-state index in [2.05, 4.69) is 0 Å². The van der Waals surface area contributed by atoms with Crippen LogP contribution < -0.4 is 0 Å². The zero-order valence-corrected chi connectivity index (χ0v) is 12.7. The molecule has 0 saturated heterocycles. The Kier molecular flexibility index (Phi) is 4.44. The van der Waals surface area contributed by atoms with Crippen LogP contribution in [0.3, 0.4) is 0 Å². The second-order valence-electron chi connectivity index (χ2n) is 4.49. The van der Waals surface area contributed by atoms with Gasteiger partial charge in [0.25, 0.3) is 0 Å². The summed E-state index contributed by atoms with van der Waals surface area (Å²) in [4.78, 5) is 11.8. The van der Waals surface area contributed by atoms with Gasteiger partial charge in [0.05, 0.1) is 0 Å². The summed E-state index contributed by atoms with van der Waals surface area (Å²) in [6, 6.07) is 11.0. The Balaban J connectivity index is 2.42. The molecule has 0 bridgehead atoms. The fraction of sp³-hybridized carbons (Fsp3) is 0.133. The molecule has 21 heavy (non-hydrogen) atoms.